The van der Waals surface area contributed by atoms with Crippen molar-refractivity contribution in [3.8, 4) is 0 Å². The molecule has 0 rings (SSSR count). The summed E-state index contributed by atoms with van der Waals surface area (Å²) in [7, 11) is 0. The number of unbranched alkanes of at least 4 members (excludes halogenated alkanes) is 28. The number of amides is 1. The third-order valence-corrected chi connectivity index (χ3v) is 11.9. The number of aliphatic hydroxyl groups is 2. The number of nitrogens with one attached hydrogen (secondary N) is 1. The number of carbonyl (C=O) groups is 2. The Morgan fingerprint density at radius 2 is 0.855 bits per heavy atom. The summed E-state index contributed by atoms with van der Waals surface area (Å²) in [5.41, 5.74) is 0. The third-order valence-electron chi connectivity index (χ3n) is 11.9. The molecule has 0 saturated carbocycles. The van der Waals surface area contributed by atoms with E-state index in [-0.39, 0.29) is 24.9 Å². The van der Waals surface area contributed by atoms with Crippen LogP contribution in [-0.2, 0) is 14.3 Å². The molecule has 62 heavy (non-hydrogen) atoms. The van der Waals surface area contributed by atoms with E-state index in [4.69, 9.17) is 4.74 Å². The quantitative estimate of drug-likeness (QED) is 0.0245. The van der Waals surface area contributed by atoms with E-state index < -0.39 is 18.2 Å². The molecule has 0 aromatic rings. The van der Waals surface area contributed by atoms with Crippen molar-refractivity contribution in [1.29, 1.82) is 0 Å². The monoisotopic (exact) mass is 868 g/mol. The van der Waals surface area contributed by atoms with Gasteiger partial charge in [0, 0.05) is 6.42 Å². The van der Waals surface area contributed by atoms with E-state index in [1.165, 1.54) is 116 Å². The van der Waals surface area contributed by atoms with E-state index in [2.05, 4.69) is 86.8 Å². The summed E-state index contributed by atoms with van der Waals surface area (Å²) in [6.07, 6.45) is 61.4. The van der Waals surface area contributed by atoms with Crippen LogP contribution >= 0.6 is 0 Å². The summed E-state index contributed by atoms with van der Waals surface area (Å²) < 4.78 is 5.90. The summed E-state index contributed by atoms with van der Waals surface area (Å²) in [4.78, 5) is 26.1. The largest absolute Gasteiger partial charge is 0.462 e. The van der Waals surface area contributed by atoms with E-state index in [0.29, 0.717) is 19.3 Å². The van der Waals surface area contributed by atoms with Crippen LogP contribution in [-0.4, -0.2) is 46.9 Å². The van der Waals surface area contributed by atoms with E-state index in [1.807, 2.05) is 0 Å². The van der Waals surface area contributed by atoms with Gasteiger partial charge in [0.2, 0.25) is 5.91 Å². The number of ether oxygens (including phenoxy) is 1. The van der Waals surface area contributed by atoms with Crippen LogP contribution < -0.4 is 5.32 Å². The second-order valence-corrected chi connectivity index (χ2v) is 18.0. The van der Waals surface area contributed by atoms with Gasteiger partial charge in [-0.15, -0.1) is 0 Å². The van der Waals surface area contributed by atoms with Crippen molar-refractivity contribution in [2.45, 2.75) is 277 Å². The lowest BCUT2D eigenvalue weighted by molar-refractivity contribution is -0.151. The zero-order chi connectivity index (χ0) is 45.2. The fourth-order valence-corrected chi connectivity index (χ4v) is 7.84. The van der Waals surface area contributed by atoms with Crippen molar-refractivity contribution in [3.63, 3.8) is 0 Å². The van der Waals surface area contributed by atoms with Gasteiger partial charge in [-0.1, -0.05) is 236 Å². The fraction of sp³-hybridized carbons (Fsp3) is 0.786. The molecule has 0 fully saturated rings. The molecular weight excluding hydrogens is 767 g/mol. The average Bonchev–Trinajstić information content (AvgIpc) is 3.26. The molecule has 0 spiro atoms. The van der Waals surface area contributed by atoms with Gasteiger partial charge in [0.05, 0.1) is 25.2 Å². The van der Waals surface area contributed by atoms with Gasteiger partial charge in [-0.05, 0) is 70.6 Å². The highest BCUT2D eigenvalue weighted by Gasteiger charge is 2.24. The molecule has 360 valence electrons. The van der Waals surface area contributed by atoms with Crippen molar-refractivity contribution >= 4 is 11.9 Å². The minimum atomic E-state index is -0.797. The molecule has 0 radical (unpaired) electrons. The molecule has 0 aromatic heterocycles. The van der Waals surface area contributed by atoms with Crippen LogP contribution in [0.3, 0.4) is 0 Å². The number of hydrogen-bond donors (Lipinski definition) is 3. The number of allylic oxidation sites excluding steroid dienone is 10. The average molecular weight is 868 g/mol. The maximum Gasteiger partial charge on any atom is 0.306 e. The number of carbonyl (C=O) groups excluding carboxylic acids is 2. The lowest BCUT2D eigenvalue weighted by atomic mass is 10.0. The van der Waals surface area contributed by atoms with Gasteiger partial charge in [-0.3, -0.25) is 9.59 Å². The Hall–Kier alpha value is -2.44. The van der Waals surface area contributed by atoms with Gasteiger partial charge in [0.25, 0.3) is 0 Å². The molecule has 0 bridgehead atoms. The van der Waals surface area contributed by atoms with Gasteiger partial charge in [0.1, 0.15) is 6.10 Å². The van der Waals surface area contributed by atoms with Crippen molar-refractivity contribution < 1.29 is 24.5 Å². The Kier molecular flexibility index (Phi) is 47.6. The Morgan fingerprint density at radius 3 is 1.39 bits per heavy atom. The van der Waals surface area contributed by atoms with Gasteiger partial charge >= 0.3 is 5.97 Å². The molecule has 3 unspecified atom stereocenters. The Bertz CT molecular complexity index is 1110. The first-order valence-corrected chi connectivity index (χ1v) is 26.6. The molecule has 6 heteroatoms. The molecule has 0 saturated heterocycles. The van der Waals surface area contributed by atoms with Crippen molar-refractivity contribution in [1.82, 2.24) is 5.32 Å². The smallest absolute Gasteiger partial charge is 0.306 e. The maximum atomic E-state index is 13.2. The highest BCUT2D eigenvalue weighted by molar-refractivity contribution is 5.77. The summed E-state index contributed by atoms with van der Waals surface area (Å²) in [5, 5.41) is 23.8. The summed E-state index contributed by atoms with van der Waals surface area (Å²) >= 11 is 0. The second kappa shape index (κ2) is 49.6. The molecule has 0 aliphatic carbocycles. The molecule has 0 aliphatic rings. The first-order valence-electron chi connectivity index (χ1n) is 26.6. The van der Waals surface area contributed by atoms with Gasteiger partial charge in [-0.25, -0.2) is 0 Å². The minimum absolute atomic E-state index is 0.0556. The summed E-state index contributed by atoms with van der Waals surface area (Å²) in [6.45, 7) is 6.40. The van der Waals surface area contributed by atoms with Crippen LogP contribution in [0, 0.1) is 0 Å². The first kappa shape index (κ1) is 59.6. The first-order chi connectivity index (χ1) is 30.5. The summed E-state index contributed by atoms with van der Waals surface area (Å²) in [5.74, 6) is -0.516. The van der Waals surface area contributed by atoms with Crippen LogP contribution in [0.5, 0.6) is 0 Å². The van der Waals surface area contributed by atoms with Crippen molar-refractivity contribution in [2.75, 3.05) is 6.61 Å². The number of aliphatic hydroxyl groups excluding tert-OH is 2. The Balaban J connectivity index is 4.48. The number of hydrogen-bond acceptors (Lipinski definition) is 5. The molecule has 3 atom stereocenters. The molecule has 3 N–H and O–H groups in total. The van der Waals surface area contributed by atoms with Crippen molar-refractivity contribution in [2.24, 2.45) is 0 Å². The zero-order valence-corrected chi connectivity index (χ0v) is 41.0. The zero-order valence-electron chi connectivity index (χ0n) is 41.0. The van der Waals surface area contributed by atoms with Gasteiger partial charge in [0.15, 0.2) is 0 Å². The Labute approximate surface area is 384 Å². The van der Waals surface area contributed by atoms with Crippen LogP contribution in [0.2, 0.25) is 0 Å². The predicted molar refractivity (Wildman–Crippen MR) is 268 cm³/mol. The van der Waals surface area contributed by atoms with Gasteiger partial charge < -0.3 is 20.3 Å². The van der Waals surface area contributed by atoms with Crippen LogP contribution in [0.1, 0.15) is 258 Å². The van der Waals surface area contributed by atoms with E-state index >= 15 is 0 Å². The lowest BCUT2D eigenvalue weighted by Crippen LogP contribution is -2.46. The summed E-state index contributed by atoms with van der Waals surface area (Å²) in [6, 6.07) is -0.712. The Morgan fingerprint density at radius 1 is 0.468 bits per heavy atom. The van der Waals surface area contributed by atoms with Crippen LogP contribution in [0.25, 0.3) is 0 Å². The van der Waals surface area contributed by atoms with Crippen LogP contribution in [0.4, 0.5) is 0 Å². The SMILES string of the molecule is CCCC/C=C\CCCCCC(CC(=O)NC(CO)C(O)CCCCCCCCCCCCCCCCCC)OC(=O)CCCCCCC/C=C/C=C/C=C/C=C/CCCCC. The topological polar surface area (TPSA) is 95.9 Å². The molecular formula is C56H101NO5. The lowest BCUT2D eigenvalue weighted by Gasteiger charge is -2.24. The van der Waals surface area contributed by atoms with Crippen LogP contribution in [0.15, 0.2) is 60.8 Å². The minimum Gasteiger partial charge on any atom is -0.462 e. The van der Waals surface area contributed by atoms with E-state index in [0.717, 1.165) is 96.3 Å². The molecule has 6 nitrogen and oxygen atoms in total. The third kappa shape index (κ3) is 44.2. The fourth-order valence-electron chi connectivity index (χ4n) is 7.84. The molecule has 1 amide bonds. The number of esters is 1. The van der Waals surface area contributed by atoms with Gasteiger partial charge in [-0.2, -0.15) is 0 Å². The number of rotatable bonds is 47. The predicted octanol–water partition coefficient (Wildman–Crippen LogP) is 16.0. The highest BCUT2D eigenvalue weighted by atomic mass is 16.5. The standard InChI is InChI=1S/C56H101NO5/c1-4-7-10-13-16-19-21-23-25-27-28-30-32-34-37-40-43-46-49-56(61)62-52(47-44-41-38-35-18-15-12-9-6-3)50-55(60)57-53(51-58)54(59)48-45-42-39-36-33-31-29-26-24-22-20-17-14-11-8-5-2/h15-16,18-19,21,23,25,27-28,30,52-54,58-59H,4-14,17,20,22,24,26,29,31-51H2,1-3H3,(H,57,60)/b18-15-,19-16+,23-21+,27-25+,30-28+. The normalized spacial score (nSPS) is 13.7. The molecule has 0 aliphatic heterocycles. The van der Waals surface area contributed by atoms with E-state index in [1.54, 1.807) is 0 Å². The second-order valence-electron chi connectivity index (χ2n) is 18.0. The molecule has 0 aromatic carbocycles. The van der Waals surface area contributed by atoms with E-state index in [9.17, 15) is 19.8 Å². The highest BCUT2D eigenvalue weighted by Crippen LogP contribution is 2.18. The van der Waals surface area contributed by atoms with Crippen molar-refractivity contribution in [3.05, 3.63) is 60.8 Å². The maximum absolute atomic E-state index is 13.2. The molecule has 0 heterocycles.